The first-order valence-corrected chi connectivity index (χ1v) is 7.94. The van der Waals surface area contributed by atoms with E-state index in [1.165, 1.54) is 12.0 Å². The molecule has 1 aliphatic rings. The van der Waals surface area contributed by atoms with E-state index in [0.29, 0.717) is 12.2 Å². The van der Waals surface area contributed by atoms with Gasteiger partial charge in [-0.3, -0.25) is 9.36 Å². The third-order valence-corrected chi connectivity index (χ3v) is 4.20. The lowest BCUT2D eigenvalue weighted by atomic mass is 9.94. The van der Waals surface area contributed by atoms with E-state index >= 15 is 0 Å². The number of aryl methyl sites for hydroxylation is 1. The first-order chi connectivity index (χ1) is 10.7. The zero-order valence-electron chi connectivity index (χ0n) is 13.0. The maximum atomic E-state index is 12.7. The quantitative estimate of drug-likeness (QED) is 0.944. The summed E-state index contributed by atoms with van der Waals surface area (Å²) in [6.07, 6.45) is 4.28. The Labute approximate surface area is 130 Å². The third kappa shape index (κ3) is 2.66. The Morgan fingerprint density at radius 2 is 1.91 bits per heavy atom. The Balaban J connectivity index is 2.14. The molecule has 116 valence electrons. The van der Waals surface area contributed by atoms with Crippen LogP contribution in [0.3, 0.4) is 0 Å². The fraction of sp³-hybridized carbons (Fsp3) is 0.389. The molecule has 0 unspecified atom stereocenters. The van der Waals surface area contributed by atoms with Crippen LogP contribution in [0.4, 0.5) is 0 Å². The van der Waals surface area contributed by atoms with Gasteiger partial charge in [-0.25, -0.2) is 0 Å². The topological polar surface area (TPSA) is 57.2 Å². The van der Waals surface area contributed by atoms with Gasteiger partial charge in [0.2, 0.25) is 0 Å². The van der Waals surface area contributed by atoms with E-state index in [4.69, 9.17) is 10.5 Å². The molecule has 0 saturated carbocycles. The maximum Gasteiger partial charge on any atom is 0.259 e. The van der Waals surface area contributed by atoms with Gasteiger partial charge in [-0.05, 0) is 68.5 Å². The first-order valence-electron chi connectivity index (χ1n) is 7.94. The molecule has 1 aromatic heterocycles. The van der Waals surface area contributed by atoms with Gasteiger partial charge in [-0.1, -0.05) is 0 Å². The van der Waals surface area contributed by atoms with Gasteiger partial charge in [-0.15, -0.1) is 0 Å². The van der Waals surface area contributed by atoms with Crippen LogP contribution >= 0.6 is 0 Å². The van der Waals surface area contributed by atoms with Crippen LogP contribution in [0, 0.1) is 0 Å². The molecule has 0 amide bonds. The molecule has 3 rings (SSSR count). The summed E-state index contributed by atoms with van der Waals surface area (Å²) in [5, 5.41) is 0. The van der Waals surface area contributed by atoms with Gasteiger partial charge in [0.25, 0.3) is 5.56 Å². The minimum Gasteiger partial charge on any atom is -0.494 e. The molecule has 4 heteroatoms. The second kappa shape index (κ2) is 6.36. The molecule has 1 aliphatic carbocycles. The van der Waals surface area contributed by atoms with Crippen molar-refractivity contribution in [1.82, 2.24) is 4.57 Å². The molecular weight excluding hydrogens is 276 g/mol. The Kier molecular flexibility index (Phi) is 4.29. The number of nitrogens with zero attached hydrogens (tertiary/aromatic N) is 1. The largest absolute Gasteiger partial charge is 0.494 e. The summed E-state index contributed by atoms with van der Waals surface area (Å²) in [5.74, 6) is 0.822. The van der Waals surface area contributed by atoms with Crippen molar-refractivity contribution in [3.05, 3.63) is 57.5 Å². The van der Waals surface area contributed by atoms with Crippen LogP contribution < -0.4 is 16.0 Å². The Hall–Kier alpha value is -2.07. The second-order valence-electron chi connectivity index (χ2n) is 5.62. The van der Waals surface area contributed by atoms with Gasteiger partial charge >= 0.3 is 0 Å². The molecule has 0 radical (unpaired) electrons. The smallest absolute Gasteiger partial charge is 0.259 e. The zero-order valence-corrected chi connectivity index (χ0v) is 13.0. The number of benzene rings is 1. The summed E-state index contributed by atoms with van der Waals surface area (Å²) in [5.41, 5.74) is 9.75. The lowest BCUT2D eigenvalue weighted by molar-refractivity contribution is 0.340. The van der Waals surface area contributed by atoms with Crippen molar-refractivity contribution in [2.24, 2.45) is 5.73 Å². The number of rotatable bonds is 4. The average Bonchev–Trinajstić information content (AvgIpc) is 2.56. The monoisotopic (exact) mass is 298 g/mol. The molecule has 0 atom stereocenters. The number of ether oxygens (including phenoxy) is 1. The van der Waals surface area contributed by atoms with Crippen LogP contribution in [0.2, 0.25) is 0 Å². The van der Waals surface area contributed by atoms with E-state index in [2.05, 4.69) is 0 Å². The van der Waals surface area contributed by atoms with Crippen molar-refractivity contribution in [3.8, 4) is 11.4 Å². The number of hydrogen-bond acceptors (Lipinski definition) is 3. The third-order valence-electron chi connectivity index (χ3n) is 4.20. The molecule has 22 heavy (non-hydrogen) atoms. The predicted octanol–water partition coefficient (Wildman–Crippen LogP) is 2.57. The molecule has 4 nitrogen and oxygen atoms in total. The second-order valence-corrected chi connectivity index (χ2v) is 5.62. The summed E-state index contributed by atoms with van der Waals surface area (Å²) >= 11 is 0. The van der Waals surface area contributed by atoms with Gasteiger partial charge in [0, 0.05) is 23.5 Å². The van der Waals surface area contributed by atoms with Gasteiger partial charge in [-0.2, -0.15) is 0 Å². The van der Waals surface area contributed by atoms with E-state index in [9.17, 15) is 4.79 Å². The van der Waals surface area contributed by atoms with Crippen LogP contribution in [-0.4, -0.2) is 11.2 Å². The minimum absolute atomic E-state index is 0.00677. The van der Waals surface area contributed by atoms with E-state index < -0.39 is 0 Å². The zero-order chi connectivity index (χ0) is 15.5. The van der Waals surface area contributed by atoms with Crippen LogP contribution in [0.5, 0.6) is 5.75 Å². The Morgan fingerprint density at radius 1 is 1.18 bits per heavy atom. The lowest BCUT2D eigenvalue weighted by Gasteiger charge is -2.22. The van der Waals surface area contributed by atoms with Crippen molar-refractivity contribution < 1.29 is 4.74 Å². The first kappa shape index (κ1) is 14.9. The highest BCUT2D eigenvalue weighted by atomic mass is 16.5. The lowest BCUT2D eigenvalue weighted by Crippen LogP contribution is -2.29. The van der Waals surface area contributed by atoms with Crippen molar-refractivity contribution >= 4 is 0 Å². The normalized spacial score (nSPS) is 13.7. The summed E-state index contributed by atoms with van der Waals surface area (Å²) in [7, 11) is 0. The van der Waals surface area contributed by atoms with Crippen LogP contribution in [0.15, 0.2) is 35.1 Å². The van der Waals surface area contributed by atoms with Gasteiger partial charge in [0.05, 0.1) is 6.61 Å². The highest BCUT2D eigenvalue weighted by molar-refractivity contribution is 5.42. The Morgan fingerprint density at radius 3 is 2.59 bits per heavy atom. The molecule has 0 aliphatic heterocycles. The standard InChI is InChI=1S/C18H22N2O2/c1-2-22-16-9-7-15(8-10-16)20-17-6-4-3-5-13(17)11-14(12-19)18(20)21/h7-11H,2-6,12,19H2,1H3. The highest BCUT2D eigenvalue weighted by Gasteiger charge is 2.18. The van der Waals surface area contributed by atoms with Gasteiger partial charge in [0.1, 0.15) is 5.75 Å². The Bertz CT molecular complexity index is 717. The van der Waals surface area contributed by atoms with E-state index in [0.717, 1.165) is 36.4 Å². The summed E-state index contributed by atoms with van der Waals surface area (Å²) < 4.78 is 7.32. The van der Waals surface area contributed by atoms with Crippen molar-refractivity contribution in [1.29, 1.82) is 0 Å². The summed E-state index contributed by atoms with van der Waals surface area (Å²) in [6, 6.07) is 9.72. The number of hydrogen-bond donors (Lipinski definition) is 1. The molecule has 0 saturated heterocycles. The van der Waals surface area contributed by atoms with Crippen molar-refractivity contribution in [2.75, 3.05) is 6.61 Å². The van der Waals surface area contributed by atoms with Gasteiger partial charge < -0.3 is 10.5 Å². The summed E-state index contributed by atoms with van der Waals surface area (Å²) in [4.78, 5) is 12.7. The van der Waals surface area contributed by atoms with Crippen LogP contribution in [0.1, 0.15) is 36.6 Å². The molecule has 2 aromatic rings. The SMILES string of the molecule is CCOc1ccc(-n2c3c(cc(CN)c2=O)CCCC3)cc1. The van der Waals surface area contributed by atoms with Crippen LogP contribution in [0.25, 0.3) is 5.69 Å². The summed E-state index contributed by atoms with van der Waals surface area (Å²) in [6.45, 7) is 2.88. The molecule has 1 heterocycles. The average molecular weight is 298 g/mol. The predicted molar refractivity (Wildman–Crippen MR) is 87.7 cm³/mol. The number of aromatic nitrogens is 1. The molecule has 1 aromatic carbocycles. The molecule has 0 fully saturated rings. The number of pyridine rings is 1. The fourth-order valence-corrected chi connectivity index (χ4v) is 3.14. The van der Waals surface area contributed by atoms with Crippen molar-refractivity contribution in [2.45, 2.75) is 39.2 Å². The minimum atomic E-state index is 0.00677. The number of fused-ring (bicyclic) bond motifs is 1. The van der Waals surface area contributed by atoms with Crippen LogP contribution in [-0.2, 0) is 19.4 Å². The van der Waals surface area contributed by atoms with E-state index in [-0.39, 0.29) is 12.1 Å². The molecule has 0 bridgehead atoms. The highest BCUT2D eigenvalue weighted by Crippen LogP contribution is 2.24. The van der Waals surface area contributed by atoms with E-state index in [1.54, 1.807) is 0 Å². The molecule has 2 N–H and O–H groups in total. The molecule has 0 spiro atoms. The van der Waals surface area contributed by atoms with E-state index in [1.807, 2.05) is 41.8 Å². The maximum absolute atomic E-state index is 12.7. The van der Waals surface area contributed by atoms with Gasteiger partial charge in [0.15, 0.2) is 0 Å². The van der Waals surface area contributed by atoms with Crippen molar-refractivity contribution in [3.63, 3.8) is 0 Å². The number of nitrogens with two attached hydrogens (primary N) is 1. The molecular formula is C18H22N2O2. The fourth-order valence-electron chi connectivity index (χ4n) is 3.14.